The number of nitrogens with one attached hydrogen (secondary N) is 2. The summed E-state index contributed by atoms with van der Waals surface area (Å²) in [6.07, 6.45) is 2.26. The molecule has 1 fully saturated rings. The molecule has 1 atom stereocenters. The van der Waals surface area contributed by atoms with Crippen molar-refractivity contribution in [3.8, 4) is 0 Å². The smallest absolute Gasteiger partial charge is 0.271 e. The van der Waals surface area contributed by atoms with Crippen molar-refractivity contribution in [1.82, 2.24) is 10.7 Å². The molecule has 6 nitrogen and oxygen atoms in total. The van der Waals surface area contributed by atoms with Gasteiger partial charge in [0.1, 0.15) is 0 Å². The van der Waals surface area contributed by atoms with Gasteiger partial charge in [-0.25, -0.2) is 5.43 Å². The molecule has 0 spiro atoms. The van der Waals surface area contributed by atoms with Crippen molar-refractivity contribution in [1.29, 1.82) is 0 Å². The van der Waals surface area contributed by atoms with Crippen LogP contribution in [0.5, 0.6) is 0 Å². The van der Waals surface area contributed by atoms with Crippen LogP contribution in [-0.2, 0) is 9.53 Å². The highest BCUT2D eigenvalue weighted by atomic mass is 35.5. The molecule has 1 aromatic rings. The van der Waals surface area contributed by atoms with Crippen LogP contribution in [0.15, 0.2) is 29.4 Å². The molecule has 0 aliphatic carbocycles. The molecule has 1 saturated heterocycles. The van der Waals surface area contributed by atoms with E-state index in [1.807, 2.05) is 0 Å². The Labute approximate surface area is 140 Å². The maximum atomic E-state index is 11.9. The fourth-order valence-corrected chi connectivity index (χ4v) is 2.31. The zero-order chi connectivity index (χ0) is 16.7. The second-order valence-electron chi connectivity index (χ2n) is 5.41. The summed E-state index contributed by atoms with van der Waals surface area (Å²) in [6.45, 7) is 2.97. The summed E-state index contributed by atoms with van der Waals surface area (Å²) in [5.41, 5.74) is 3.40. The monoisotopic (exact) mass is 337 g/mol. The van der Waals surface area contributed by atoms with Gasteiger partial charge in [-0.1, -0.05) is 11.6 Å². The topological polar surface area (TPSA) is 79.8 Å². The molecule has 1 aliphatic rings. The van der Waals surface area contributed by atoms with Gasteiger partial charge in [-0.05, 0) is 44.0 Å². The minimum Gasteiger partial charge on any atom is -0.376 e. The maximum Gasteiger partial charge on any atom is 0.271 e. The normalized spacial score (nSPS) is 17.8. The fraction of sp³-hybridized carbons (Fsp3) is 0.438. The average Bonchev–Trinajstić information content (AvgIpc) is 3.05. The van der Waals surface area contributed by atoms with Gasteiger partial charge < -0.3 is 10.1 Å². The molecule has 0 aromatic heterocycles. The lowest BCUT2D eigenvalue weighted by Gasteiger charge is -2.10. The van der Waals surface area contributed by atoms with E-state index in [-0.39, 0.29) is 24.3 Å². The number of rotatable bonds is 6. The van der Waals surface area contributed by atoms with Crippen molar-refractivity contribution in [2.75, 3.05) is 13.2 Å². The molecule has 1 aromatic carbocycles. The molecule has 124 valence electrons. The first-order chi connectivity index (χ1) is 11.0. The average molecular weight is 338 g/mol. The number of amides is 2. The van der Waals surface area contributed by atoms with E-state index in [0.717, 1.165) is 19.4 Å². The molecule has 0 radical (unpaired) electrons. The molecule has 1 unspecified atom stereocenters. The molecule has 1 aliphatic heterocycles. The number of hydrogen-bond donors (Lipinski definition) is 2. The number of hydrogen-bond acceptors (Lipinski definition) is 4. The summed E-state index contributed by atoms with van der Waals surface area (Å²) >= 11 is 5.77. The Morgan fingerprint density at radius 1 is 1.35 bits per heavy atom. The van der Waals surface area contributed by atoms with Gasteiger partial charge in [-0.2, -0.15) is 5.10 Å². The molecule has 0 saturated carbocycles. The third-order valence-electron chi connectivity index (χ3n) is 3.42. The minimum atomic E-state index is -0.346. The standard InChI is InChI=1S/C16H20ClN3O3/c1-11(9-15(21)18-10-14-3-2-8-23-14)19-20-16(22)12-4-6-13(17)7-5-12/h4-7,14H,2-3,8-10H2,1H3,(H,18,21)(H,20,22)/b19-11+. The first-order valence-corrected chi connectivity index (χ1v) is 7.90. The van der Waals surface area contributed by atoms with Gasteiger partial charge in [-0.15, -0.1) is 0 Å². The van der Waals surface area contributed by atoms with Crippen LogP contribution in [0.4, 0.5) is 0 Å². The number of hydrazone groups is 1. The van der Waals surface area contributed by atoms with Gasteiger partial charge in [-0.3, -0.25) is 9.59 Å². The fourth-order valence-electron chi connectivity index (χ4n) is 2.18. The summed E-state index contributed by atoms with van der Waals surface area (Å²) in [5, 5.41) is 7.30. The first-order valence-electron chi connectivity index (χ1n) is 7.52. The zero-order valence-electron chi connectivity index (χ0n) is 13.0. The van der Waals surface area contributed by atoms with Gasteiger partial charge in [0.25, 0.3) is 5.91 Å². The Morgan fingerprint density at radius 2 is 2.09 bits per heavy atom. The van der Waals surface area contributed by atoms with Crippen LogP contribution >= 0.6 is 11.6 Å². The van der Waals surface area contributed by atoms with E-state index in [9.17, 15) is 9.59 Å². The lowest BCUT2D eigenvalue weighted by Crippen LogP contribution is -2.33. The number of carbonyl (C=O) groups excluding carboxylic acids is 2. The Balaban J connectivity index is 1.74. The highest BCUT2D eigenvalue weighted by Gasteiger charge is 2.16. The molecule has 7 heteroatoms. The molecular weight excluding hydrogens is 318 g/mol. The zero-order valence-corrected chi connectivity index (χ0v) is 13.7. The van der Waals surface area contributed by atoms with Crippen LogP contribution in [0.3, 0.4) is 0 Å². The number of ether oxygens (including phenoxy) is 1. The van der Waals surface area contributed by atoms with Gasteiger partial charge in [0.05, 0.1) is 12.5 Å². The largest absolute Gasteiger partial charge is 0.376 e. The van der Waals surface area contributed by atoms with Crippen LogP contribution in [0, 0.1) is 0 Å². The summed E-state index contributed by atoms with van der Waals surface area (Å²) < 4.78 is 5.43. The number of nitrogens with zero attached hydrogens (tertiary/aromatic N) is 1. The lowest BCUT2D eigenvalue weighted by atomic mass is 10.2. The number of carbonyl (C=O) groups is 2. The van der Waals surface area contributed by atoms with Gasteiger partial charge in [0, 0.05) is 29.4 Å². The maximum absolute atomic E-state index is 11.9. The summed E-state index contributed by atoms with van der Waals surface area (Å²) in [6, 6.07) is 6.48. The third-order valence-corrected chi connectivity index (χ3v) is 3.67. The number of benzene rings is 1. The van der Waals surface area contributed by atoms with Crippen LogP contribution in [0.25, 0.3) is 0 Å². The molecule has 2 N–H and O–H groups in total. The van der Waals surface area contributed by atoms with Crippen molar-refractivity contribution >= 4 is 29.1 Å². The van der Waals surface area contributed by atoms with E-state index < -0.39 is 0 Å². The SMILES string of the molecule is C/C(CC(=O)NCC1CCCO1)=N\NC(=O)c1ccc(Cl)cc1. The first kappa shape index (κ1) is 17.4. The van der Waals surface area contributed by atoms with Crippen LogP contribution in [0.1, 0.15) is 36.5 Å². The summed E-state index contributed by atoms with van der Waals surface area (Å²) in [4.78, 5) is 23.7. The molecule has 2 amide bonds. The molecule has 2 rings (SSSR count). The predicted molar refractivity (Wildman–Crippen MR) is 88.6 cm³/mol. The minimum absolute atomic E-state index is 0.112. The summed E-state index contributed by atoms with van der Waals surface area (Å²) in [5.74, 6) is -0.483. The second-order valence-corrected chi connectivity index (χ2v) is 5.85. The third kappa shape index (κ3) is 6.00. The van der Waals surface area contributed by atoms with Crippen LogP contribution in [-0.4, -0.2) is 36.8 Å². The molecule has 23 heavy (non-hydrogen) atoms. The van der Waals surface area contributed by atoms with Crippen molar-refractivity contribution in [2.24, 2.45) is 5.10 Å². The Kier molecular flexibility index (Phi) is 6.55. The Hall–Kier alpha value is -1.92. The van der Waals surface area contributed by atoms with Gasteiger partial charge in [0.15, 0.2) is 0 Å². The van der Waals surface area contributed by atoms with Crippen molar-refractivity contribution in [2.45, 2.75) is 32.3 Å². The van der Waals surface area contributed by atoms with Gasteiger partial charge in [0.2, 0.25) is 5.91 Å². The molecule has 0 bridgehead atoms. The number of halogens is 1. The van der Waals surface area contributed by atoms with Crippen molar-refractivity contribution in [3.05, 3.63) is 34.9 Å². The van der Waals surface area contributed by atoms with E-state index in [4.69, 9.17) is 16.3 Å². The van der Waals surface area contributed by atoms with Crippen molar-refractivity contribution in [3.63, 3.8) is 0 Å². The Bertz CT molecular complexity index is 581. The van der Waals surface area contributed by atoms with E-state index in [1.54, 1.807) is 31.2 Å². The van der Waals surface area contributed by atoms with E-state index in [0.29, 0.717) is 22.8 Å². The summed E-state index contributed by atoms with van der Waals surface area (Å²) in [7, 11) is 0. The highest BCUT2D eigenvalue weighted by molar-refractivity contribution is 6.30. The van der Waals surface area contributed by atoms with E-state index >= 15 is 0 Å². The van der Waals surface area contributed by atoms with Crippen molar-refractivity contribution < 1.29 is 14.3 Å². The van der Waals surface area contributed by atoms with Gasteiger partial charge >= 0.3 is 0 Å². The van der Waals surface area contributed by atoms with Crippen LogP contribution in [0.2, 0.25) is 5.02 Å². The molecule has 1 heterocycles. The van der Waals surface area contributed by atoms with E-state index in [1.165, 1.54) is 0 Å². The highest BCUT2D eigenvalue weighted by Crippen LogP contribution is 2.10. The lowest BCUT2D eigenvalue weighted by molar-refractivity contribution is -0.120. The second kappa shape index (κ2) is 8.64. The predicted octanol–water partition coefficient (Wildman–Crippen LogP) is 2.13. The molecular formula is C16H20ClN3O3. The quantitative estimate of drug-likeness (QED) is 0.616. The Morgan fingerprint density at radius 3 is 2.74 bits per heavy atom. The van der Waals surface area contributed by atoms with E-state index in [2.05, 4.69) is 15.8 Å². The van der Waals surface area contributed by atoms with Crippen LogP contribution < -0.4 is 10.7 Å².